The Morgan fingerprint density at radius 1 is 1.33 bits per heavy atom. The number of anilines is 1. The predicted octanol–water partition coefficient (Wildman–Crippen LogP) is 3.10. The van der Waals surface area contributed by atoms with Crippen LogP contribution in [0.25, 0.3) is 0 Å². The number of nitrogens with zero attached hydrogens (tertiary/aromatic N) is 2. The number of imidazole rings is 1. The van der Waals surface area contributed by atoms with Crippen LogP contribution in [0.4, 0.5) is 5.69 Å². The lowest BCUT2D eigenvalue weighted by molar-refractivity contribution is 0.206. The molecular formula is C17H24N4. The second kappa shape index (κ2) is 6.31. The molecule has 0 spiro atoms. The standard InChI is InChI=1S/C17H24N4/c1-13-5-6-15(8-14(13)2)20-16-4-3-7-21(10-16)11-17-9-18-12-19-17/h5-6,8-9,12,16,20H,3-4,7,10-11H2,1-2H3,(H,18,19). The summed E-state index contributed by atoms with van der Waals surface area (Å²) in [5, 5.41) is 3.69. The van der Waals surface area contributed by atoms with Gasteiger partial charge in [0, 0.05) is 36.7 Å². The van der Waals surface area contributed by atoms with Crippen LogP contribution in [-0.4, -0.2) is 34.0 Å². The molecule has 4 heteroatoms. The van der Waals surface area contributed by atoms with Crippen molar-refractivity contribution in [1.29, 1.82) is 0 Å². The van der Waals surface area contributed by atoms with Gasteiger partial charge < -0.3 is 10.3 Å². The third-order valence-electron chi connectivity index (χ3n) is 4.33. The Hall–Kier alpha value is -1.81. The zero-order valence-corrected chi connectivity index (χ0v) is 12.9. The van der Waals surface area contributed by atoms with E-state index in [9.17, 15) is 0 Å². The van der Waals surface area contributed by atoms with Gasteiger partial charge >= 0.3 is 0 Å². The molecule has 21 heavy (non-hydrogen) atoms. The highest BCUT2D eigenvalue weighted by Gasteiger charge is 2.20. The minimum Gasteiger partial charge on any atom is -0.381 e. The number of hydrogen-bond donors (Lipinski definition) is 2. The molecular weight excluding hydrogens is 260 g/mol. The summed E-state index contributed by atoms with van der Waals surface area (Å²) in [7, 11) is 0. The molecule has 0 aliphatic carbocycles. The maximum Gasteiger partial charge on any atom is 0.0922 e. The van der Waals surface area contributed by atoms with Crippen molar-refractivity contribution in [1.82, 2.24) is 14.9 Å². The van der Waals surface area contributed by atoms with E-state index in [0.717, 1.165) is 13.1 Å². The maximum absolute atomic E-state index is 4.09. The van der Waals surface area contributed by atoms with Gasteiger partial charge in [0.2, 0.25) is 0 Å². The van der Waals surface area contributed by atoms with E-state index in [1.165, 1.54) is 41.9 Å². The lowest BCUT2D eigenvalue weighted by Crippen LogP contribution is -2.41. The Morgan fingerprint density at radius 3 is 3.00 bits per heavy atom. The summed E-state index contributed by atoms with van der Waals surface area (Å²) in [6.07, 6.45) is 6.16. The molecule has 1 atom stereocenters. The van der Waals surface area contributed by atoms with Crippen molar-refractivity contribution in [2.45, 2.75) is 39.3 Å². The second-order valence-electron chi connectivity index (χ2n) is 6.09. The minimum atomic E-state index is 0.531. The van der Waals surface area contributed by atoms with E-state index in [4.69, 9.17) is 0 Å². The van der Waals surface area contributed by atoms with Crippen LogP contribution in [0.1, 0.15) is 29.7 Å². The molecule has 3 rings (SSSR count). The predicted molar refractivity (Wildman–Crippen MR) is 86.4 cm³/mol. The van der Waals surface area contributed by atoms with Crippen molar-refractivity contribution in [3.63, 3.8) is 0 Å². The molecule has 1 saturated heterocycles. The van der Waals surface area contributed by atoms with E-state index in [-0.39, 0.29) is 0 Å². The summed E-state index contributed by atoms with van der Waals surface area (Å²) in [6.45, 7) is 7.55. The Labute approximate surface area is 126 Å². The molecule has 4 nitrogen and oxygen atoms in total. The first-order valence-corrected chi connectivity index (χ1v) is 7.74. The molecule has 2 heterocycles. The topological polar surface area (TPSA) is 44.0 Å². The SMILES string of the molecule is Cc1ccc(NC2CCCN(Cc3cnc[nH]3)C2)cc1C. The molecule has 0 radical (unpaired) electrons. The van der Waals surface area contributed by atoms with Crippen molar-refractivity contribution < 1.29 is 0 Å². The van der Waals surface area contributed by atoms with Gasteiger partial charge in [-0.15, -0.1) is 0 Å². The molecule has 2 N–H and O–H groups in total. The normalized spacial score (nSPS) is 19.6. The van der Waals surface area contributed by atoms with Gasteiger partial charge in [-0.3, -0.25) is 4.90 Å². The van der Waals surface area contributed by atoms with Gasteiger partial charge in [-0.25, -0.2) is 4.98 Å². The molecule has 0 saturated carbocycles. The van der Waals surface area contributed by atoms with Crippen molar-refractivity contribution in [3.05, 3.63) is 47.5 Å². The third kappa shape index (κ3) is 3.64. The summed E-state index contributed by atoms with van der Waals surface area (Å²) < 4.78 is 0. The van der Waals surface area contributed by atoms with Crippen molar-refractivity contribution in [2.75, 3.05) is 18.4 Å². The molecule has 1 aliphatic heterocycles. The van der Waals surface area contributed by atoms with E-state index in [2.05, 4.69) is 52.2 Å². The first-order valence-electron chi connectivity index (χ1n) is 7.74. The Bertz CT molecular complexity index is 576. The van der Waals surface area contributed by atoms with Gasteiger partial charge in [-0.2, -0.15) is 0 Å². The monoisotopic (exact) mass is 284 g/mol. The van der Waals surface area contributed by atoms with Crippen LogP contribution in [0.2, 0.25) is 0 Å². The molecule has 0 bridgehead atoms. The number of piperidine rings is 1. The van der Waals surface area contributed by atoms with E-state index < -0.39 is 0 Å². The number of hydrogen-bond acceptors (Lipinski definition) is 3. The highest BCUT2D eigenvalue weighted by Crippen LogP contribution is 2.19. The number of aryl methyl sites for hydroxylation is 2. The van der Waals surface area contributed by atoms with Crippen LogP contribution in [-0.2, 0) is 6.54 Å². The van der Waals surface area contributed by atoms with Gasteiger partial charge in [0.1, 0.15) is 0 Å². The molecule has 1 aliphatic rings. The van der Waals surface area contributed by atoms with Gasteiger partial charge in [-0.1, -0.05) is 6.07 Å². The van der Waals surface area contributed by atoms with Crippen LogP contribution in [0.15, 0.2) is 30.7 Å². The number of H-pyrrole nitrogens is 1. The highest BCUT2D eigenvalue weighted by molar-refractivity contribution is 5.48. The fraction of sp³-hybridized carbons (Fsp3) is 0.471. The average Bonchev–Trinajstić information content (AvgIpc) is 2.96. The van der Waals surface area contributed by atoms with Crippen LogP contribution < -0.4 is 5.32 Å². The Morgan fingerprint density at radius 2 is 2.24 bits per heavy atom. The Kier molecular flexibility index (Phi) is 4.25. The summed E-state index contributed by atoms with van der Waals surface area (Å²) in [5.41, 5.74) is 5.14. The number of likely N-dealkylation sites (tertiary alicyclic amines) is 1. The number of aromatic amines is 1. The van der Waals surface area contributed by atoms with Gasteiger partial charge in [0.15, 0.2) is 0 Å². The van der Waals surface area contributed by atoms with Gasteiger partial charge in [-0.05, 0) is 56.5 Å². The maximum atomic E-state index is 4.09. The summed E-state index contributed by atoms with van der Waals surface area (Å²) in [5.74, 6) is 0. The summed E-state index contributed by atoms with van der Waals surface area (Å²) in [6, 6.07) is 7.17. The van der Waals surface area contributed by atoms with Crippen molar-refractivity contribution in [3.8, 4) is 0 Å². The average molecular weight is 284 g/mol. The molecule has 0 amide bonds. The zero-order valence-electron chi connectivity index (χ0n) is 12.9. The number of nitrogens with one attached hydrogen (secondary N) is 2. The van der Waals surface area contributed by atoms with E-state index >= 15 is 0 Å². The molecule has 1 unspecified atom stereocenters. The molecule has 1 fully saturated rings. The number of rotatable bonds is 4. The quantitative estimate of drug-likeness (QED) is 0.906. The van der Waals surface area contributed by atoms with Crippen LogP contribution >= 0.6 is 0 Å². The first kappa shape index (κ1) is 14.1. The number of benzene rings is 1. The van der Waals surface area contributed by atoms with E-state index in [0.29, 0.717) is 6.04 Å². The van der Waals surface area contributed by atoms with Gasteiger partial charge in [0.05, 0.1) is 6.33 Å². The van der Waals surface area contributed by atoms with E-state index in [1.807, 2.05) is 6.20 Å². The zero-order chi connectivity index (χ0) is 14.7. The minimum absolute atomic E-state index is 0.531. The lowest BCUT2D eigenvalue weighted by atomic mass is 10.0. The number of aromatic nitrogens is 2. The van der Waals surface area contributed by atoms with E-state index in [1.54, 1.807) is 6.33 Å². The van der Waals surface area contributed by atoms with Gasteiger partial charge in [0.25, 0.3) is 0 Å². The lowest BCUT2D eigenvalue weighted by Gasteiger charge is -2.33. The first-order chi connectivity index (χ1) is 10.2. The van der Waals surface area contributed by atoms with Crippen LogP contribution in [0.3, 0.4) is 0 Å². The fourth-order valence-electron chi connectivity index (χ4n) is 3.00. The molecule has 112 valence electrons. The fourth-order valence-corrected chi connectivity index (χ4v) is 3.00. The van der Waals surface area contributed by atoms with Crippen molar-refractivity contribution >= 4 is 5.69 Å². The largest absolute Gasteiger partial charge is 0.381 e. The molecule has 1 aromatic heterocycles. The second-order valence-corrected chi connectivity index (χ2v) is 6.09. The smallest absolute Gasteiger partial charge is 0.0922 e. The van der Waals surface area contributed by atoms with Crippen molar-refractivity contribution in [2.24, 2.45) is 0 Å². The Balaban J connectivity index is 1.59. The molecule has 1 aromatic carbocycles. The third-order valence-corrected chi connectivity index (χ3v) is 4.33. The van der Waals surface area contributed by atoms with Crippen LogP contribution in [0, 0.1) is 13.8 Å². The summed E-state index contributed by atoms with van der Waals surface area (Å²) >= 11 is 0. The molecule has 2 aromatic rings. The highest BCUT2D eigenvalue weighted by atomic mass is 15.2. The summed E-state index contributed by atoms with van der Waals surface area (Å²) in [4.78, 5) is 9.78. The van der Waals surface area contributed by atoms with Crippen LogP contribution in [0.5, 0.6) is 0 Å².